The first-order chi connectivity index (χ1) is 13.5. The average molecular weight is 378 g/mol. The van der Waals surface area contributed by atoms with Gasteiger partial charge >= 0.3 is 5.97 Å². The number of ether oxygens (including phenoxy) is 1. The Morgan fingerprint density at radius 1 is 1.32 bits per heavy atom. The molecule has 0 aliphatic heterocycles. The topological polar surface area (TPSA) is 67.7 Å². The molecule has 0 amide bonds. The van der Waals surface area contributed by atoms with E-state index < -0.39 is 0 Å². The molecule has 0 atom stereocenters. The molecule has 0 N–H and O–H groups in total. The smallest absolute Gasteiger partial charge is 0.333 e. The molecule has 2 aromatic rings. The second kappa shape index (κ2) is 10.2. The van der Waals surface area contributed by atoms with E-state index in [0.29, 0.717) is 12.1 Å². The number of carbonyl (C=O) groups is 1. The lowest BCUT2D eigenvalue weighted by Gasteiger charge is -2.21. The number of carbonyl (C=O) groups excluding carboxylic acids is 1. The number of esters is 1. The van der Waals surface area contributed by atoms with Crippen LogP contribution in [0.25, 0.3) is 11.4 Å². The fourth-order valence-corrected chi connectivity index (χ4v) is 2.47. The van der Waals surface area contributed by atoms with E-state index in [1.54, 1.807) is 20.2 Å². The summed E-state index contributed by atoms with van der Waals surface area (Å²) in [5, 5.41) is 0. The predicted molar refractivity (Wildman–Crippen MR) is 114 cm³/mol. The summed E-state index contributed by atoms with van der Waals surface area (Å²) in [6.07, 6.45) is 5.59. The summed E-state index contributed by atoms with van der Waals surface area (Å²) in [5.74, 6) is -0.383. The van der Waals surface area contributed by atoms with Crippen molar-refractivity contribution >= 4 is 17.4 Å². The fourth-order valence-electron chi connectivity index (χ4n) is 2.47. The number of hydrogen-bond donors (Lipinski definition) is 0. The largest absolute Gasteiger partial charge is 0.460 e. The van der Waals surface area contributed by atoms with Crippen molar-refractivity contribution in [1.29, 1.82) is 0 Å². The molecule has 0 saturated heterocycles. The second-order valence-corrected chi connectivity index (χ2v) is 6.26. The molecule has 0 saturated carbocycles. The molecule has 0 aliphatic rings. The normalized spacial score (nSPS) is 11.5. The Hall–Kier alpha value is -3.28. The third-order valence-electron chi connectivity index (χ3n) is 4.01. The molecule has 146 valence electrons. The first kappa shape index (κ1) is 21.0. The van der Waals surface area contributed by atoms with Crippen LogP contribution in [0, 0.1) is 0 Å². The van der Waals surface area contributed by atoms with Crippen molar-refractivity contribution in [2.75, 3.05) is 32.1 Å². The van der Waals surface area contributed by atoms with Gasteiger partial charge in [0.25, 0.3) is 0 Å². The summed E-state index contributed by atoms with van der Waals surface area (Å²) in [6, 6.07) is 9.65. The molecule has 6 heteroatoms. The highest BCUT2D eigenvalue weighted by Crippen LogP contribution is 2.23. The molecule has 6 nitrogen and oxygen atoms in total. The fraction of sp³-hybridized carbons (Fsp3) is 0.273. The number of hydrogen-bond acceptors (Lipinski definition) is 6. The number of anilines is 1. The second-order valence-electron chi connectivity index (χ2n) is 6.26. The standard InChI is InChI=1S/C22H26N4O2/c1-6-9-18(23-4)20-14-17(26(5)12-13-28-22(27)16(2)3)15-21(25-20)19-10-7-8-11-24-19/h6-11,14-15H,2,12-13H2,1,3-5H3/b9-6-,23-18?. The van der Waals surface area contributed by atoms with Gasteiger partial charge in [0, 0.05) is 31.6 Å². The number of aromatic nitrogens is 2. The van der Waals surface area contributed by atoms with E-state index in [4.69, 9.17) is 9.72 Å². The van der Waals surface area contributed by atoms with E-state index in [1.807, 2.05) is 61.4 Å². The van der Waals surface area contributed by atoms with Gasteiger partial charge < -0.3 is 9.64 Å². The van der Waals surface area contributed by atoms with Gasteiger partial charge in [0.1, 0.15) is 6.61 Å². The Balaban J connectivity index is 2.34. The van der Waals surface area contributed by atoms with Gasteiger partial charge in [0.05, 0.1) is 29.3 Å². The molecule has 0 fully saturated rings. The van der Waals surface area contributed by atoms with Crippen LogP contribution in [0.1, 0.15) is 19.5 Å². The summed E-state index contributed by atoms with van der Waals surface area (Å²) in [5.41, 5.74) is 4.39. The van der Waals surface area contributed by atoms with Gasteiger partial charge in [0.2, 0.25) is 0 Å². The van der Waals surface area contributed by atoms with Crippen molar-refractivity contribution in [2.24, 2.45) is 4.99 Å². The minimum Gasteiger partial charge on any atom is -0.460 e. The minimum atomic E-state index is -0.383. The molecule has 0 unspecified atom stereocenters. The van der Waals surface area contributed by atoms with Crippen LogP contribution in [0.5, 0.6) is 0 Å². The Morgan fingerprint density at radius 3 is 2.71 bits per heavy atom. The molecule has 0 aromatic carbocycles. The molecule has 0 radical (unpaired) electrons. The minimum absolute atomic E-state index is 0.266. The zero-order chi connectivity index (χ0) is 20.5. The van der Waals surface area contributed by atoms with Gasteiger partial charge in [0.15, 0.2) is 0 Å². The van der Waals surface area contributed by atoms with Crippen molar-refractivity contribution in [1.82, 2.24) is 9.97 Å². The highest BCUT2D eigenvalue weighted by Gasteiger charge is 2.12. The van der Waals surface area contributed by atoms with Crippen LogP contribution in [0.3, 0.4) is 0 Å². The molecule has 28 heavy (non-hydrogen) atoms. The van der Waals surface area contributed by atoms with Gasteiger partial charge in [-0.3, -0.25) is 9.98 Å². The number of nitrogens with zero attached hydrogens (tertiary/aromatic N) is 4. The Kier molecular flexibility index (Phi) is 7.63. The molecule has 2 aromatic heterocycles. The molecule has 0 bridgehead atoms. The number of rotatable bonds is 8. The van der Waals surface area contributed by atoms with Crippen molar-refractivity contribution in [3.05, 3.63) is 66.5 Å². The van der Waals surface area contributed by atoms with Crippen LogP contribution >= 0.6 is 0 Å². The quantitative estimate of drug-likeness (QED) is 0.398. The van der Waals surface area contributed by atoms with Crippen LogP contribution in [0.4, 0.5) is 5.69 Å². The van der Waals surface area contributed by atoms with Gasteiger partial charge in [-0.05, 0) is 44.2 Å². The summed E-state index contributed by atoms with van der Waals surface area (Å²) in [4.78, 5) is 27.1. The Bertz CT molecular complexity index is 889. The zero-order valence-corrected chi connectivity index (χ0v) is 16.8. The third kappa shape index (κ3) is 5.61. The Labute approximate surface area is 166 Å². The van der Waals surface area contributed by atoms with Gasteiger partial charge in [-0.1, -0.05) is 18.7 Å². The first-order valence-electron chi connectivity index (χ1n) is 9.03. The zero-order valence-electron chi connectivity index (χ0n) is 16.8. The maximum atomic E-state index is 11.6. The lowest BCUT2D eigenvalue weighted by Crippen LogP contribution is -2.24. The number of allylic oxidation sites excluding steroid dienone is 2. The van der Waals surface area contributed by atoms with Crippen molar-refractivity contribution in [3.8, 4) is 11.4 Å². The molecule has 2 rings (SSSR count). The van der Waals surface area contributed by atoms with Crippen molar-refractivity contribution < 1.29 is 9.53 Å². The maximum absolute atomic E-state index is 11.6. The summed E-state index contributed by atoms with van der Waals surface area (Å²) in [6.45, 7) is 7.96. The highest BCUT2D eigenvalue weighted by atomic mass is 16.5. The third-order valence-corrected chi connectivity index (χ3v) is 4.01. The van der Waals surface area contributed by atoms with Crippen LogP contribution in [-0.2, 0) is 9.53 Å². The molecule has 2 heterocycles. The van der Waals surface area contributed by atoms with Crippen molar-refractivity contribution in [2.45, 2.75) is 13.8 Å². The molecular formula is C22H26N4O2. The van der Waals surface area contributed by atoms with Crippen LogP contribution in [0.2, 0.25) is 0 Å². The molecule has 0 spiro atoms. The van der Waals surface area contributed by atoms with E-state index >= 15 is 0 Å². The summed E-state index contributed by atoms with van der Waals surface area (Å²) in [7, 11) is 3.68. The van der Waals surface area contributed by atoms with E-state index in [2.05, 4.69) is 16.6 Å². The van der Waals surface area contributed by atoms with Gasteiger partial charge in [-0.25, -0.2) is 9.78 Å². The van der Waals surface area contributed by atoms with Crippen LogP contribution in [0.15, 0.2) is 65.8 Å². The van der Waals surface area contributed by atoms with E-state index in [0.717, 1.165) is 28.5 Å². The first-order valence-corrected chi connectivity index (χ1v) is 9.03. The number of likely N-dealkylation sites (N-methyl/N-ethyl adjacent to an activating group) is 1. The van der Waals surface area contributed by atoms with Gasteiger partial charge in [-0.15, -0.1) is 0 Å². The highest BCUT2D eigenvalue weighted by molar-refractivity contribution is 6.08. The van der Waals surface area contributed by atoms with E-state index in [1.165, 1.54) is 0 Å². The molecular weight excluding hydrogens is 352 g/mol. The van der Waals surface area contributed by atoms with E-state index in [-0.39, 0.29) is 12.6 Å². The van der Waals surface area contributed by atoms with Crippen molar-refractivity contribution in [3.63, 3.8) is 0 Å². The SMILES string of the molecule is C=C(C)C(=O)OCCN(C)c1cc(C(/C=C\C)=NC)nc(-c2ccccn2)c1. The number of pyridine rings is 2. The summed E-state index contributed by atoms with van der Waals surface area (Å²) >= 11 is 0. The lowest BCUT2D eigenvalue weighted by molar-refractivity contribution is -0.138. The van der Waals surface area contributed by atoms with Crippen LogP contribution in [-0.4, -0.2) is 48.9 Å². The average Bonchev–Trinajstić information content (AvgIpc) is 2.72. The van der Waals surface area contributed by atoms with E-state index in [9.17, 15) is 4.79 Å². The summed E-state index contributed by atoms with van der Waals surface area (Å²) < 4.78 is 5.20. The lowest BCUT2D eigenvalue weighted by atomic mass is 10.1. The van der Waals surface area contributed by atoms with Crippen LogP contribution < -0.4 is 4.90 Å². The number of aliphatic imine (C=N–C) groups is 1. The van der Waals surface area contributed by atoms with Gasteiger partial charge in [-0.2, -0.15) is 0 Å². The molecule has 0 aliphatic carbocycles. The monoisotopic (exact) mass is 378 g/mol. The predicted octanol–water partition coefficient (Wildman–Crippen LogP) is 3.69. The maximum Gasteiger partial charge on any atom is 0.333 e. The Morgan fingerprint density at radius 2 is 2.11 bits per heavy atom.